The molecule has 0 unspecified atom stereocenters. The van der Waals surface area contributed by atoms with Crippen molar-refractivity contribution in [3.63, 3.8) is 0 Å². The van der Waals surface area contributed by atoms with E-state index < -0.39 is 0 Å². The number of fused-ring (bicyclic) bond motifs is 2. The predicted octanol–water partition coefficient (Wildman–Crippen LogP) is 4.53. The Morgan fingerprint density at radius 2 is 1.71 bits per heavy atom. The van der Waals surface area contributed by atoms with Crippen molar-refractivity contribution in [2.75, 3.05) is 11.9 Å². The minimum absolute atomic E-state index is 0.0787. The molecule has 0 spiro atoms. The molecule has 118 valence electrons. The number of aromatic nitrogens is 1. The average Bonchev–Trinajstić information content (AvgIpc) is 3.03. The number of carbonyl (C=O) groups is 1. The van der Waals surface area contributed by atoms with Crippen molar-refractivity contribution >= 4 is 33.3 Å². The Balaban J connectivity index is 1.61. The number of likely N-dealkylation sites (N-methyl/N-ethyl adjacent to an activating group) is 1. The summed E-state index contributed by atoms with van der Waals surface area (Å²) in [5, 5.41) is 3.43. The fraction of sp³-hybridized carbons (Fsp3) is 0.0952. The van der Waals surface area contributed by atoms with Crippen LogP contribution in [0, 0.1) is 0 Å². The largest absolute Gasteiger partial charge is 0.361 e. The summed E-state index contributed by atoms with van der Waals surface area (Å²) < 4.78 is 0. The summed E-state index contributed by atoms with van der Waals surface area (Å²) in [6.07, 6.45) is 2.31. The molecule has 3 aromatic carbocycles. The minimum Gasteiger partial charge on any atom is -0.361 e. The van der Waals surface area contributed by atoms with Crippen LogP contribution in [0.5, 0.6) is 0 Å². The van der Waals surface area contributed by atoms with Crippen LogP contribution in [-0.4, -0.2) is 17.9 Å². The molecule has 0 aliphatic heterocycles. The lowest BCUT2D eigenvalue weighted by Crippen LogP contribution is -2.27. The van der Waals surface area contributed by atoms with Gasteiger partial charge in [0.25, 0.3) is 0 Å². The normalized spacial score (nSPS) is 11.0. The molecule has 0 fully saturated rings. The van der Waals surface area contributed by atoms with Gasteiger partial charge in [-0.1, -0.05) is 48.5 Å². The van der Waals surface area contributed by atoms with Crippen LogP contribution in [0.4, 0.5) is 5.69 Å². The number of benzene rings is 3. The molecule has 0 aliphatic carbocycles. The lowest BCUT2D eigenvalue weighted by molar-refractivity contribution is -0.117. The van der Waals surface area contributed by atoms with E-state index in [2.05, 4.69) is 29.2 Å². The third kappa shape index (κ3) is 2.54. The van der Waals surface area contributed by atoms with Gasteiger partial charge in [-0.05, 0) is 34.5 Å². The molecule has 24 heavy (non-hydrogen) atoms. The lowest BCUT2D eigenvalue weighted by atomic mass is 10.1. The first-order chi connectivity index (χ1) is 11.7. The van der Waals surface area contributed by atoms with Crippen LogP contribution in [0.2, 0.25) is 0 Å². The Bertz CT molecular complexity index is 1030. The number of amides is 1. The maximum atomic E-state index is 12.7. The Hall–Kier alpha value is -3.07. The molecule has 4 aromatic rings. The molecule has 1 N–H and O–H groups in total. The molecule has 4 rings (SSSR count). The second-order valence-corrected chi connectivity index (χ2v) is 6.02. The van der Waals surface area contributed by atoms with Crippen LogP contribution < -0.4 is 4.90 Å². The molecule has 3 heteroatoms. The van der Waals surface area contributed by atoms with Gasteiger partial charge in [0.05, 0.1) is 6.42 Å². The van der Waals surface area contributed by atoms with Gasteiger partial charge in [-0.2, -0.15) is 0 Å². The van der Waals surface area contributed by atoms with Crippen molar-refractivity contribution < 1.29 is 4.79 Å². The molecule has 1 amide bonds. The molecule has 0 atom stereocenters. The highest BCUT2D eigenvalue weighted by atomic mass is 16.2. The summed E-state index contributed by atoms with van der Waals surface area (Å²) in [5.74, 6) is 0.0787. The topological polar surface area (TPSA) is 36.1 Å². The predicted molar refractivity (Wildman–Crippen MR) is 99.4 cm³/mol. The molecule has 3 nitrogen and oxygen atoms in total. The molecule has 0 saturated carbocycles. The van der Waals surface area contributed by atoms with E-state index in [0.29, 0.717) is 6.42 Å². The zero-order valence-corrected chi connectivity index (χ0v) is 13.5. The van der Waals surface area contributed by atoms with Crippen LogP contribution in [0.25, 0.3) is 21.7 Å². The maximum absolute atomic E-state index is 12.7. The van der Waals surface area contributed by atoms with Crippen LogP contribution in [0.1, 0.15) is 5.56 Å². The zero-order chi connectivity index (χ0) is 16.5. The Kier molecular flexibility index (Phi) is 3.54. The van der Waals surface area contributed by atoms with Crippen LogP contribution in [0.15, 0.2) is 72.9 Å². The monoisotopic (exact) mass is 314 g/mol. The first-order valence-corrected chi connectivity index (χ1v) is 8.03. The summed E-state index contributed by atoms with van der Waals surface area (Å²) in [7, 11) is 1.83. The number of hydrogen-bond acceptors (Lipinski definition) is 1. The highest BCUT2D eigenvalue weighted by Crippen LogP contribution is 2.23. The Morgan fingerprint density at radius 3 is 2.58 bits per heavy atom. The number of hydrogen-bond donors (Lipinski definition) is 1. The van der Waals surface area contributed by atoms with Crippen LogP contribution >= 0.6 is 0 Å². The van der Waals surface area contributed by atoms with Gasteiger partial charge in [0.15, 0.2) is 0 Å². The number of H-pyrrole nitrogens is 1. The smallest absolute Gasteiger partial charge is 0.231 e. The van der Waals surface area contributed by atoms with Gasteiger partial charge in [0.1, 0.15) is 0 Å². The van der Waals surface area contributed by atoms with E-state index in [9.17, 15) is 4.79 Å². The summed E-state index contributed by atoms with van der Waals surface area (Å²) >= 11 is 0. The number of anilines is 1. The van der Waals surface area contributed by atoms with Gasteiger partial charge >= 0.3 is 0 Å². The SMILES string of the molecule is CN(C(=O)Cc1c[nH]c2ccccc12)c1ccc2ccccc2c1. The zero-order valence-electron chi connectivity index (χ0n) is 13.5. The quantitative estimate of drug-likeness (QED) is 0.592. The maximum Gasteiger partial charge on any atom is 0.231 e. The van der Waals surface area contributed by atoms with Crippen molar-refractivity contribution in [1.82, 2.24) is 4.98 Å². The lowest BCUT2D eigenvalue weighted by Gasteiger charge is -2.18. The Labute approximate surface area is 140 Å². The highest BCUT2D eigenvalue weighted by molar-refractivity contribution is 5.99. The second-order valence-electron chi connectivity index (χ2n) is 6.02. The molecule has 1 heterocycles. The first kappa shape index (κ1) is 14.5. The van der Waals surface area contributed by atoms with Gasteiger partial charge in [0, 0.05) is 29.8 Å². The summed E-state index contributed by atoms with van der Waals surface area (Å²) in [5.41, 5.74) is 3.01. The second kappa shape index (κ2) is 5.85. The molecule has 0 aliphatic rings. The Morgan fingerprint density at radius 1 is 0.958 bits per heavy atom. The van der Waals surface area contributed by atoms with E-state index in [0.717, 1.165) is 27.5 Å². The minimum atomic E-state index is 0.0787. The molecule has 1 aromatic heterocycles. The van der Waals surface area contributed by atoms with Crippen LogP contribution in [-0.2, 0) is 11.2 Å². The van der Waals surface area contributed by atoms with Crippen molar-refractivity contribution in [3.05, 3.63) is 78.5 Å². The standard InChI is InChI=1S/C21H18N2O/c1-23(18-11-10-15-6-2-3-7-16(15)12-18)21(24)13-17-14-22-20-9-5-4-8-19(17)20/h2-12,14,22H,13H2,1H3. The van der Waals surface area contributed by atoms with Crippen molar-refractivity contribution in [1.29, 1.82) is 0 Å². The molecular weight excluding hydrogens is 296 g/mol. The van der Waals surface area contributed by atoms with Gasteiger partial charge in [-0.25, -0.2) is 0 Å². The van der Waals surface area contributed by atoms with E-state index in [1.807, 2.05) is 55.7 Å². The fourth-order valence-corrected chi connectivity index (χ4v) is 3.09. The highest BCUT2D eigenvalue weighted by Gasteiger charge is 2.14. The van der Waals surface area contributed by atoms with E-state index in [1.165, 1.54) is 5.39 Å². The van der Waals surface area contributed by atoms with Crippen LogP contribution in [0.3, 0.4) is 0 Å². The molecule has 0 saturated heterocycles. The number of carbonyl (C=O) groups excluding carboxylic acids is 1. The fourth-order valence-electron chi connectivity index (χ4n) is 3.09. The average molecular weight is 314 g/mol. The van der Waals surface area contributed by atoms with Crippen molar-refractivity contribution in [2.45, 2.75) is 6.42 Å². The summed E-state index contributed by atoms with van der Waals surface area (Å²) in [6, 6.07) is 22.3. The molecule has 0 bridgehead atoms. The van der Waals surface area contributed by atoms with Gasteiger partial charge in [0.2, 0.25) is 5.91 Å². The van der Waals surface area contributed by atoms with Crippen molar-refractivity contribution in [3.8, 4) is 0 Å². The first-order valence-electron chi connectivity index (χ1n) is 8.03. The number of nitrogens with one attached hydrogen (secondary N) is 1. The van der Waals surface area contributed by atoms with Gasteiger partial charge in [-0.15, -0.1) is 0 Å². The summed E-state index contributed by atoms with van der Waals surface area (Å²) in [6.45, 7) is 0. The number of para-hydroxylation sites is 1. The van der Waals surface area contributed by atoms with E-state index in [-0.39, 0.29) is 5.91 Å². The number of aromatic amines is 1. The summed E-state index contributed by atoms with van der Waals surface area (Å²) in [4.78, 5) is 17.7. The van der Waals surface area contributed by atoms with Crippen molar-refractivity contribution in [2.24, 2.45) is 0 Å². The third-order valence-electron chi connectivity index (χ3n) is 4.51. The van der Waals surface area contributed by atoms with Gasteiger partial charge in [-0.3, -0.25) is 4.79 Å². The molecular formula is C21H18N2O. The third-order valence-corrected chi connectivity index (χ3v) is 4.51. The molecule has 0 radical (unpaired) electrons. The van der Waals surface area contributed by atoms with E-state index in [4.69, 9.17) is 0 Å². The van der Waals surface area contributed by atoms with E-state index in [1.54, 1.807) is 4.90 Å². The van der Waals surface area contributed by atoms with Gasteiger partial charge < -0.3 is 9.88 Å². The van der Waals surface area contributed by atoms with E-state index >= 15 is 0 Å². The number of nitrogens with zero attached hydrogens (tertiary/aromatic N) is 1. The number of rotatable bonds is 3.